The molecule has 1 aromatic heterocycles. The first-order valence-electron chi connectivity index (χ1n) is 9.22. The number of hydrazone groups is 1. The Morgan fingerprint density at radius 1 is 0.931 bits per heavy atom. The number of methoxy groups -OCH3 is 2. The molecule has 2 heterocycles. The van der Waals surface area contributed by atoms with E-state index < -0.39 is 0 Å². The molecule has 0 spiro atoms. The van der Waals surface area contributed by atoms with Crippen molar-refractivity contribution in [1.82, 2.24) is 9.99 Å². The maximum atomic E-state index is 12.5. The topological polar surface area (TPSA) is 64.0 Å². The molecule has 0 bridgehead atoms. The second-order valence-electron chi connectivity index (χ2n) is 6.73. The third-order valence-electron chi connectivity index (χ3n) is 4.97. The summed E-state index contributed by atoms with van der Waals surface area (Å²) in [4.78, 5) is 16.7. The fraction of sp³-hybridized carbons (Fsp3) is 0.174. The number of pyridine rings is 1. The first-order chi connectivity index (χ1) is 14.1. The highest BCUT2D eigenvalue weighted by Gasteiger charge is 2.24. The van der Waals surface area contributed by atoms with Crippen molar-refractivity contribution in [2.45, 2.75) is 6.42 Å². The van der Waals surface area contributed by atoms with Crippen LogP contribution >= 0.6 is 0 Å². The fourth-order valence-corrected chi connectivity index (χ4v) is 3.39. The van der Waals surface area contributed by atoms with Crippen molar-refractivity contribution in [2.75, 3.05) is 21.3 Å². The normalized spacial score (nSPS) is 13.4. The van der Waals surface area contributed by atoms with E-state index in [0.717, 1.165) is 27.8 Å². The van der Waals surface area contributed by atoms with Gasteiger partial charge in [-0.2, -0.15) is 5.10 Å². The van der Waals surface area contributed by atoms with Gasteiger partial charge in [0.2, 0.25) is 5.91 Å². The number of carbonyl (C=O) groups excluding carboxylic acids is 1. The van der Waals surface area contributed by atoms with Crippen molar-refractivity contribution in [2.24, 2.45) is 5.10 Å². The van der Waals surface area contributed by atoms with Gasteiger partial charge in [-0.1, -0.05) is 30.3 Å². The van der Waals surface area contributed by atoms with Crippen LogP contribution in [0.5, 0.6) is 11.5 Å². The number of benzene rings is 2. The first-order valence-corrected chi connectivity index (χ1v) is 9.22. The third kappa shape index (κ3) is 3.57. The Morgan fingerprint density at radius 2 is 1.62 bits per heavy atom. The summed E-state index contributed by atoms with van der Waals surface area (Å²) in [6.07, 6.45) is 3.83. The van der Waals surface area contributed by atoms with Gasteiger partial charge in [-0.3, -0.25) is 9.78 Å². The van der Waals surface area contributed by atoms with Gasteiger partial charge >= 0.3 is 0 Å². The summed E-state index contributed by atoms with van der Waals surface area (Å²) in [5.74, 6) is 1.11. The van der Waals surface area contributed by atoms with Gasteiger partial charge in [-0.25, -0.2) is 5.01 Å². The first kappa shape index (κ1) is 18.7. The lowest BCUT2D eigenvalue weighted by molar-refractivity contribution is -0.129. The monoisotopic (exact) mass is 387 g/mol. The fourth-order valence-electron chi connectivity index (χ4n) is 3.39. The number of likely N-dealkylation sites (N-methyl/N-ethyl adjacent to an activating group) is 1. The van der Waals surface area contributed by atoms with Gasteiger partial charge in [0.05, 0.1) is 26.4 Å². The molecule has 6 nitrogen and oxygen atoms in total. The minimum absolute atomic E-state index is 0.0829. The van der Waals surface area contributed by atoms with E-state index in [1.54, 1.807) is 27.5 Å². The number of carbonyl (C=O) groups is 1. The molecule has 1 aliphatic heterocycles. The van der Waals surface area contributed by atoms with Gasteiger partial charge in [-0.15, -0.1) is 0 Å². The molecule has 1 amide bonds. The van der Waals surface area contributed by atoms with Crippen LogP contribution in [-0.2, 0) is 11.2 Å². The number of hydrogen-bond donors (Lipinski definition) is 0. The number of nitrogens with zero attached hydrogens (tertiary/aromatic N) is 3. The smallest absolute Gasteiger partial charge is 0.246 e. The summed E-state index contributed by atoms with van der Waals surface area (Å²) in [5.41, 5.74) is 5.44. The molecule has 0 unspecified atom stereocenters. The van der Waals surface area contributed by atoms with Crippen molar-refractivity contribution >= 4 is 11.6 Å². The summed E-state index contributed by atoms with van der Waals surface area (Å²) in [7, 11) is 4.85. The van der Waals surface area contributed by atoms with E-state index in [-0.39, 0.29) is 12.3 Å². The summed E-state index contributed by atoms with van der Waals surface area (Å²) in [5, 5.41) is 5.99. The Hall–Kier alpha value is -3.67. The summed E-state index contributed by atoms with van der Waals surface area (Å²) >= 11 is 0. The second kappa shape index (κ2) is 7.75. The summed E-state index contributed by atoms with van der Waals surface area (Å²) in [6, 6.07) is 15.7. The zero-order valence-electron chi connectivity index (χ0n) is 16.5. The highest BCUT2D eigenvalue weighted by molar-refractivity contribution is 6.15. The number of rotatable bonds is 4. The Kier molecular flexibility index (Phi) is 4.99. The molecule has 0 radical (unpaired) electrons. The van der Waals surface area contributed by atoms with Crippen LogP contribution in [0.15, 0.2) is 66.0 Å². The molecule has 3 aromatic rings. The van der Waals surface area contributed by atoms with Crippen LogP contribution in [0.3, 0.4) is 0 Å². The van der Waals surface area contributed by atoms with Gasteiger partial charge in [0.15, 0.2) is 11.5 Å². The van der Waals surface area contributed by atoms with Crippen LogP contribution in [-0.4, -0.2) is 42.9 Å². The van der Waals surface area contributed by atoms with Crippen molar-refractivity contribution in [1.29, 1.82) is 0 Å². The lowest BCUT2D eigenvalue weighted by Gasteiger charge is -2.14. The highest BCUT2D eigenvalue weighted by Crippen LogP contribution is 2.34. The second-order valence-corrected chi connectivity index (χ2v) is 6.73. The van der Waals surface area contributed by atoms with Crippen LogP contribution in [0, 0.1) is 0 Å². The predicted molar refractivity (Wildman–Crippen MR) is 111 cm³/mol. The molecule has 29 heavy (non-hydrogen) atoms. The van der Waals surface area contributed by atoms with Crippen molar-refractivity contribution in [3.05, 3.63) is 77.6 Å². The number of hydrogen-bond acceptors (Lipinski definition) is 5. The standard InChI is InChI=1S/C23H21N3O3/c1-26-22(27)12-18-11-20(28-2)21(29-3)13-19(18)23(25-26)16-8-6-15(7-9-16)17-5-4-10-24-14-17/h4-11,13-14H,12H2,1-3H3. The van der Waals surface area contributed by atoms with E-state index in [2.05, 4.69) is 10.1 Å². The minimum Gasteiger partial charge on any atom is -0.493 e. The Bertz CT molecular complexity index is 1080. The Labute approximate surface area is 169 Å². The van der Waals surface area contributed by atoms with Crippen LogP contribution in [0.25, 0.3) is 11.1 Å². The van der Waals surface area contributed by atoms with Crippen molar-refractivity contribution in [3.8, 4) is 22.6 Å². The summed E-state index contributed by atoms with van der Waals surface area (Å²) in [6.45, 7) is 0. The van der Waals surface area contributed by atoms with E-state index in [0.29, 0.717) is 17.2 Å². The number of fused-ring (bicyclic) bond motifs is 1. The average molecular weight is 387 g/mol. The molecule has 146 valence electrons. The third-order valence-corrected chi connectivity index (χ3v) is 4.97. The molecular weight excluding hydrogens is 366 g/mol. The van der Waals surface area contributed by atoms with Gasteiger partial charge < -0.3 is 9.47 Å². The van der Waals surface area contributed by atoms with Crippen molar-refractivity contribution < 1.29 is 14.3 Å². The molecule has 1 aliphatic rings. The zero-order valence-corrected chi connectivity index (χ0v) is 16.5. The van der Waals surface area contributed by atoms with E-state index in [1.165, 1.54) is 5.01 Å². The predicted octanol–water partition coefficient (Wildman–Crippen LogP) is 3.53. The average Bonchev–Trinajstić information content (AvgIpc) is 2.89. The number of aromatic nitrogens is 1. The quantitative estimate of drug-likeness (QED) is 0.687. The van der Waals surface area contributed by atoms with Crippen LogP contribution in [0.4, 0.5) is 0 Å². The van der Waals surface area contributed by atoms with Crippen LogP contribution in [0.2, 0.25) is 0 Å². The Morgan fingerprint density at radius 3 is 2.28 bits per heavy atom. The zero-order chi connectivity index (χ0) is 20.4. The molecule has 0 saturated heterocycles. The molecule has 0 N–H and O–H groups in total. The molecule has 0 atom stereocenters. The molecule has 0 aliphatic carbocycles. The van der Waals surface area contributed by atoms with E-state index in [4.69, 9.17) is 9.47 Å². The van der Waals surface area contributed by atoms with E-state index in [1.807, 2.05) is 54.7 Å². The lowest BCUT2D eigenvalue weighted by atomic mass is 9.94. The van der Waals surface area contributed by atoms with E-state index >= 15 is 0 Å². The summed E-state index contributed by atoms with van der Waals surface area (Å²) < 4.78 is 10.9. The molecule has 0 fully saturated rings. The van der Waals surface area contributed by atoms with Crippen LogP contribution < -0.4 is 9.47 Å². The van der Waals surface area contributed by atoms with Crippen molar-refractivity contribution in [3.63, 3.8) is 0 Å². The Balaban J connectivity index is 1.82. The minimum atomic E-state index is -0.0829. The lowest BCUT2D eigenvalue weighted by Crippen LogP contribution is -2.22. The molecule has 6 heteroatoms. The van der Waals surface area contributed by atoms with Gasteiger partial charge in [0.25, 0.3) is 0 Å². The maximum absolute atomic E-state index is 12.5. The largest absolute Gasteiger partial charge is 0.493 e. The van der Waals surface area contributed by atoms with Gasteiger partial charge in [-0.05, 0) is 34.9 Å². The molecule has 0 saturated carbocycles. The number of amides is 1. The SMILES string of the molecule is COc1cc2c(cc1OC)C(c1ccc(-c3cccnc3)cc1)=NN(C)C(=O)C2. The number of ether oxygens (including phenoxy) is 2. The molecule has 4 rings (SSSR count). The van der Waals surface area contributed by atoms with Crippen LogP contribution in [0.1, 0.15) is 16.7 Å². The maximum Gasteiger partial charge on any atom is 0.246 e. The van der Waals surface area contributed by atoms with Gasteiger partial charge in [0.1, 0.15) is 0 Å². The van der Waals surface area contributed by atoms with Gasteiger partial charge in [0, 0.05) is 30.6 Å². The highest BCUT2D eigenvalue weighted by atomic mass is 16.5. The molecular formula is C23H21N3O3. The molecule has 2 aromatic carbocycles. The van der Waals surface area contributed by atoms with E-state index in [9.17, 15) is 4.79 Å².